The van der Waals surface area contributed by atoms with E-state index in [1.54, 1.807) is 41.2 Å². The lowest BCUT2D eigenvalue weighted by Crippen LogP contribution is -2.20. The lowest BCUT2D eigenvalue weighted by molar-refractivity contribution is 0.262. The number of nitrogens with zero attached hydrogens (tertiary/aromatic N) is 2. The number of carbonyl (C=O) groups excluding carboxylic acids is 1. The van der Waals surface area contributed by atoms with Crippen molar-refractivity contribution in [3.63, 3.8) is 0 Å². The highest BCUT2D eigenvalue weighted by molar-refractivity contribution is 6.44. The normalized spacial score (nSPS) is 10.7. The van der Waals surface area contributed by atoms with Crippen LogP contribution in [0.25, 0.3) is 0 Å². The molecule has 10 heteroatoms. The lowest BCUT2D eigenvalue weighted by atomic mass is 10.2. The van der Waals surface area contributed by atoms with E-state index in [1.165, 1.54) is 0 Å². The first-order valence-electron chi connectivity index (χ1n) is 7.52. The fourth-order valence-corrected chi connectivity index (χ4v) is 3.12. The summed E-state index contributed by atoms with van der Waals surface area (Å²) < 4.78 is 1.57. The predicted molar refractivity (Wildman–Crippen MR) is 112 cm³/mol. The molecule has 0 aliphatic rings. The molecule has 3 aromatic rings. The van der Waals surface area contributed by atoms with Crippen molar-refractivity contribution in [3.05, 3.63) is 73.3 Å². The molecule has 2 N–H and O–H groups in total. The van der Waals surface area contributed by atoms with Crippen molar-refractivity contribution in [2.75, 3.05) is 10.6 Å². The molecule has 0 radical (unpaired) electrons. The van der Waals surface area contributed by atoms with Crippen LogP contribution >= 0.6 is 58.0 Å². The zero-order valence-corrected chi connectivity index (χ0v) is 17.2. The molecule has 0 fully saturated rings. The van der Waals surface area contributed by atoms with Gasteiger partial charge in [-0.05, 0) is 29.8 Å². The Morgan fingerprint density at radius 2 is 1.70 bits per heavy atom. The highest BCUT2D eigenvalue weighted by atomic mass is 35.5. The fraction of sp³-hybridized carbons (Fsp3) is 0.0588. The summed E-state index contributed by atoms with van der Waals surface area (Å²) in [7, 11) is 0. The number of anilines is 2. The molecule has 0 atom stereocenters. The van der Waals surface area contributed by atoms with Gasteiger partial charge in [0, 0.05) is 6.20 Å². The number of rotatable bonds is 4. The standard InChI is InChI=1S/C17H11Cl5N4O/c18-10-5-4-9(6-12(10)20)7-26-8-13(21)16(25-26)24-17(27)23-14-3-1-2-11(19)15(14)22/h1-6,8H,7H2,(H2,23,24,25,27). The third-order valence-electron chi connectivity index (χ3n) is 3.48. The minimum absolute atomic E-state index is 0.201. The lowest BCUT2D eigenvalue weighted by Gasteiger charge is -2.08. The Kier molecular flexibility index (Phi) is 6.40. The van der Waals surface area contributed by atoms with Gasteiger partial charge in [0.25, 0.3) is 0 Å². The molecule has 0 unspecified atom stereocenters. The van der Waals surface area contributed by atoms with Crippen LogP contribution < -0.4 is 10.6 Å². The van der Waals surface area contributed by atoms with Gasteiger partial charge in [-0.2, -0.15) is 5.10 Å². The van der Waals surface area contributed by atoms with E-state index >= 15 is 0 Å². The maximum atomic E-state index is 12.2. The van der Waals surface area contributed by atoms with E-state index in [-0.39, 0.29) is 15.9 Å². The molecule has 3 rings (SSSR count). The van der Waals surface area contributed by atoms with Crippen LogP contribution in [0.4, 0.5) is 16.3 Å². The largest absolute Gasteiger partial charge is 0.324 e. The van der Waals surface area contributed by atoms with Gasteiger partial charge in [0.2, 0.25) is 0 Å². The van der Waals surface area contributed by atoms with Gasteiger partial charge in [0.15, 0.2) is 5.82 Å². The second-order valence-corrected chi connectivity index (χ2v) is 7.46. The number of nitrogens with one attached hydrogen (secondary N) is 2. The molecule has 5 nitrogen and oxygen atoms in total. The zero-order chi connectivity index (χ0) is 19.6. The zero-order valence-electron chi connectivity index (χ0n) is 13.4. The number of halogens is 5. The Morgan fingerprint density at radius 1 is 0.926 bits per heavy atom. The summed E-state index contributed by atoms with van der Waals surface area (Å²) in [5, 5.41) is 11.2. The van der Waals surface area contributed by atoms with Gasteiger partial charge in [0.05, 0.1) is 32.3 Å². The van der Waals surface area contributed by atoms with Gasteiger partial charge in [0.1, 0.15) is 5.02 Å². The molecule has 0 spiro atoms. The van der Waals surface area contributed by atoms with Crippen LogP contribution in [0.15, 0.2) is 42.6 Å². The Hall–Kier alpha value is -1.63. The Bertz CT molecular complexity index is 1000. The number of amides is 2. The fourth-order valence-electron chi connectivity index (χ4n) is 2.25. The van der Waals surface area contributed by atoms with Crippen LogP contribution in [0.3, 0.4) is 0 Å². The molecule has 2 amide bonds. The van der Waals surface area contributed by atoms with Crippen LogP contribution in [0.2, 0.25) is 25.1 Å². The third-order valence-corrected chi connectivity index (χ3v) is 5.31. The van der Waals surface area contributed by atoms with Crippen molar-refractivity contribution in [3.8, 4) is 0 Å². The minimum atomic E-state index is -0.555. The van der Waals surface area contributed by atoms with E-state index in [0.29, 0.717) is 27.3 Å². The van der Waals surface area contributed by atoms with E-state index in [9.17, 15) is 4.79 Å². The molecule has 0 bridgehead atoms. The average molecular weight is 465 g/mol. The SMILES string of the molecule is O=C(Nc1cccc(Cl)c1Cl)Nc1nn(Cc2ccc(Cl)c(Cl)c2)cc1Cl. The van der Waals surface area contributed by atoms with E-state index in [2.05, 4.69) is 15.7 Å². The first kappa shape index (κ1) is 20.1. The van der Waals surface area contributed by atoms with Gasteiger partial charge in [-0.1, -0.05) is 70.1 Å². The molecular weight excluding hydrogens is 453 g/mol. The van der Waals surface area contributed by atoms with Crippen LogP contribution in [-0.4, -0.2) is 15.8 Å². The molecule has 140 valence electrons. The van der Waals surface area contributed by atoms with Gasteiger partial charge in [-0.15, -0.1) is 0 Å². The van der Waals surface area contributed by atoms with Crippen LogP contribution in [0.5, 0.6) is 0 Å². The molecule has 0 aliphatic carbocycles. The molecule has 2 aromatic carbocycles. The molecule has 0 saturated heterocycles. The summed E-state index contributed by atoms with van der Waals surface area (Å²) in [6.07, 6.45) is 1.59. The number of hydrogen-bond donors (Lipinski definition) is 2. The summed E-state index contributed by atoms with van der Waals surface area (Å²) in [6.45, 7) is 0.403. The average Bonchev–Trinajstić information content (AvgIpc) is 2.94. The highest BCUT2D eigenvalue weighted by Gasteiger charge is 2.13. The first-order valence-corrected chi connectivity index (χ1v) is 9.41. The summed E-state index contributed by atoms with van der Waals surface area (Å²) in [5.74, 6) is 0.201. The van der Waals surface area contributed by atoms with Gasteiger partial charge >= 0.3 is 6.03 Å². The van der Waals surface area contributed by atoms with Crippen LogP contribution in [0, 0.1) is 0 Å². The van der Waals surface area contributed by atoms with Gasteiger partial charge < -0.3 is 5.32 Å². The minimum Gasteiger partial charge on any atom is -0.306 e. The maximum Gasteiger partial charge on any atom is 0.324 e. The van der Waals surface area contributed by atoms with Crippen molar-refractivity contribution < 1.29 is 4.79 Å². The number of benzene rings is 2. The number of hydrogen-bond acceptors (Lipinski definition) is 2. The molecular formula is C17H11Cl5N4O. The molecule has 1 heterocycles. The van der Waals surface area contributed by atoms with E-state index < -0.39 is 6.03 Å². The molecule has 1 aromatic heterocycles. The Balaban J connectivity index is 1.69. The van der Waals surface area contributed by atoms with Crippen molar-refractivity contribution >= 4 is 75.5 Å². The number of aromatic nitrogens is 2. The summed E-state index contributed by atoms with van der Waals surface area (Å²) in [5.41, 5.74) is 1.25. The third kappa shape index (κ3) is 5.00. The van der Waals surface area contributed by atoms with Crippen LogP contribution in [-0.2, 0) is 6.54 Å². The second-order valence-electron chi connectivity index (χ2n) is 5.45. The maximum absolute atomic E-state index is 12.2. The smallest absolute Gasteiger partial charge is 0.306 e. The summed E-state index contributed by atoms with van der Waals surface area (Å²) in [4.78, 5) is 12.2. The summed E-state index contributed by atoms with van der Waals surface area (Å²) >= 11 is 30.0. The van der Waals surface area contributed by atoms with Crippen molar-refractivity contribution in [1.29, 1.82) is 0 Å². The van der Waals surface area contributed by atoms with Crippen molar-refractivity contribution in [1.82, 2.24) is 9.78 Å². The van der Waals surface area contributed by atoms with Crippen molar-refractivity contribution in [2.45, 2.75) is 6.54 Å². The summed E-state index contributed by atoms with van der Waals surface area (Å²) in [6, 6.07) is 9.62. The Morgan fingerprint density at radius 3 is 2.44 bits per heavy atom. The van der Waals surface area contributed by atoms with Gasteiger partial charge in [-0.25, -0.2) is 4.79 Å². The predicted octanol–water partition coefficient (Wildman–Crippen LogP) is 6.84. The van der Waals surface area contributed by atoms with E-state index in [1.807, 2.05) is 6.07 Å². The highest BCUT2D eigenvalue weighted by Crippen LogP contribution is 2.30. The second kappa shape index (κ2) is 8.59. The first-order chi connectivity index (χ1) is 12.8. The van der Waals surface area contributed by atoms with Crippen molar-refractivity contribution in [2.24, 2.45) is 0 Å². The molecule has 27 heavy (non-hydrogen) atoms. The van der Waals surface area contributed by atoms with E-state index in [4.69, 9.17) is 58.0 Å². The topological polar surface area (TPSA) is 59.0 Å². The monoisotopic (exact) mass is 462 g/mol. The number of urea groups is 1. The van der Waals surface area contributed by atoms with Gasteiger partial charge in [-0.3, -0.25) is 10.00 Å². The molecule has 0 aliphatic heterocycles. The quantitative estimate of drug-likeness (QED) is 0.444. The molecule has 0 saturated carbocycles. The number of carbonyl (C=O) groups is 1. The van der Waals surface area contributed by atoms with E-state index in [0.717, 1.165) is 5.56 Å². The Labute approximate surface area is 180 Å². The van der Waals surface area contributed by atoms with Crippen LogP contribution in [0.1, 0.15) is 5.56 Å².